The number of rotatable bonds is 2. The second kappa shape index (κ2) is 4.76. The van der Waals surface area contributed by atoms with Crippen LogP contribution in [0.5, 0.6) is 0 Å². The molecule has 0 radical (unpaired) electrons. The van der Waals surface area contributed by atoms with E-state index in [-0.39, 0.29) is 23.8 Å². The lowest BCUT2D eigenvalue weighted by Crippen LogP contribution is -2.37. The molecule has 0 aromatic rings. The summed E-state index contributed by atoms with van der Waals surface area (Å²) in [6, 6.07) is 0. The monoisotopic (exact) mass is 260 g/mol. The van der Waals surface area contributed by atoms with Gasteiger partial charge in [-0.25, -0.2) is 4.90 Å². The van der Waals surface area contributed by atoms with E-state index in [1.807, 2.05) is 13.0 Å². The summed E-state index contributed by atoms with van der Waals surface area (Å²) < 4.78 is 0. The minimum Gasteiger partial charge on any atom is -0.272 e. The van der Waals surface area contributed by atoms with Crippen LogP contribution in [0, 0.1) is 11.3 Å². The Labute approximate surface area is 113 Å². The van der Waals surface area contributed by atoms with Crippen molar-refractivity contribution in [3.8, 4) is 0 Å². The second-order valence-corrected chi connectivity index (χ2v) is 5.86. The van der Waals surface area contributed by atoms with E-state index in [4.69, 9.17) is 0 Å². The van der Waals surface area contributed by atoms with Crippen LogP contribution >= 0.6 is 0 Å². The van der Waals surface area contributed by atoms with Gasteiger partial charge in [0.05, 0.1) is 0 Å². The maximum absolute atomic E-state index is 12.5. The molecule has 0 fully saturated rings. The Morgan fingerprint density at radius 1 is 1.47 bits per heavy atom. The number of nitrogens with zero attached hydrogens (tertiary/aromatic N) is 2. The molecule has 1 aliphatic carbocycles. The van der Waals surface area contributed by atoms with Crippen LogP contribution in [0.4, 0.5) is 0 Å². The lowest BCUT2D eigenvalue weighted by atomic mass is 9.70. The van der Waals surface area contributed by atoms with Crippen LogP contribution in [-0.2, 0) is 9.59 Å². The number of hydrogen-bond donors (Lipinski definition) is 0. The molecule has 102 valence electrons. The Bertz CT molecular complexity index is 514. The van der Waals surface area contributed by atoms with Gasteiger partial charge in [-0.3, -0.25) is 14.6 Å². The van der Waals surface area contributed by atoms with Crippen molar-refractivity contribution >= 4 is 18.2 Å². The molecule has 2 amide bonds. The molecule has 0 saturated heterocycles. The normalized spacial score (nSPS) is 26.8. The van der Waals surface area contributed by atoms with Crippen LogP contribution in [0.15, 0.2) is 28.3 Å². The number of carbonyl (C=O) groups excluding carboxylic acids is 2. The van der Waals surface area contributed by atoms with E-state index in [2.05, 4.69) is 31.8 Å². The van der Waals surface area contributed by atoms with E-state index < -0.39 is 0 Å². The average molecular weight is 260 g/mol. The number of hydrogen-bond acceptors (Lipinski definition) is 3. The summed E-state index contributed by atoms with van der Waals surface area (Å²) in [7, 11) is 0. The van der Waals surface area contributed by atoms with E-state index in [9.17, 15) is 9.59 Å². The summed E-state index contributed by atoms with van der Waals surface area (Å²) in [4.78, 5) is 29.0. The fourth-order valence-corrected chi connectivity index (χ4v) is 2.29. The van der Waals surface area contributed by atoms with E-state index >= 15 is 0 Å². The van der Waals surface area contributed by atoms with Gasteiger partial charge in [-0.2, -0.15) is 0 Å². The molecule has 0 N–H and O–H groups in total. The maximum Gasteiger partial charge on any atom is 0.262 e. The molecule has 2 aliphatic rings. The van der Waals surface area contributed by atoms with Crippen LogP contribution in [0.2, 0.25) is 0 Å². The van der Waals surface area contributed by atoms with Gasteiger partial charge in [0, 0.05) is 5.57 Å². The quantitative estimate of drug-likeness (QED) is 0.715. The number of carbonyl (C=O) groups is 2. The number of allylic oxidation sites excluding steroid dienone is 3. The van der Waals surface area contributed by atoms with Crippen molar-refractivity contribution in [2.24, 2.45) is 16.3 Å². The summed E-state index contributed by atoms with van der Waals surface area (Å²) in [5.41, 5.74) is 1.63. The SMILES string of the molecule is CC1=C(C(=O)N2C=NCC2=O)CC(C)(C(C)C)C=C1. The van der Waals surface area contributed by atoms with E-state index in [0.717, 1.165) is 16.0 Å². The van der Waals surface area contributed by atoms with Crippen LogP contribution in [0.1, 0.15) is 34.1 Å². The first kappa shape index (κ1) is 13.7. The first-order valence-corrected chi connectivity index (χ1v) is 6.60. The standard InChI is InChI=1S/C15H20N2O2/c1-10(2)15(4)6-5-11(3)12(7-15)14(19)17-9-16-8-13(17)18/h5-6,9-10H,7-8H2,1-4H3. The minimum atomic E-state index is -0.244. The largest absolute Gasteiger partial charge is 0.272 e. The van der Waals surface area contributed by atoms with Gasteiger partial charge in [-0.1, -0.05) is 32.9 Å². The van der Waals surface area contributed by atoms with Crippen LogP contribution < -0.4 is 0 Å². The molecule has 1 heterocycles. The van der Waals surface area contributed by atoms with Gasteiger partial charge in [0.15, 0.2) is 0 Å². The molecule has 2 rings (SSSR count). The summed E-state index contributed by atoms with van der Waals surface area (Å²) in [5.74, 6) is -0.0336. The average Bonchev–Trinajstić information content (AvgIpc) is 2.78. The summed E-state index contributed by atoms with van der Waals surface area (Å²) in [6.45, 7) is 8.44. The molecule has 0 aromatic carbocycles. The third-order valence-corrected chi connectivity index (χ3v) is 4.24. The molecule has 1 aliphatic heterocycles. The first-order chi connectivity index (χ1) is 8.85. The van der Waals surface area contributed by atoms with Crippen molar-refractivity contribution in [3.05, 3.63) is 23.3 Å². The minimum absolute atomic E-state index is 0.0373. The predicted octanol–water partition coefficient (Wildman–Crippen LogP) is 2.32. The lowest BCUT2D eigenvalue weighted by molar-refractivity contribution is -0.135. The third kappa shape index (κ3) is 2.39. The topological polar surface area (TPSA) is 49.7 Å². The highest BCUT2D eigenvalue weighted by molar-refractivity contribution is 6.15. The van der Waals surface area contributed by atoms with Crippen molar-refractivity contribution in [2.75, 3.05) is 6.54 Å². The first-order valence-electron chi connectivity index (χ1n) is 6.60. The molecule has 0 aromatic heterocycles. The fourth-order valence-electron chi connectivity index (χ4n) is 2.29. The van der Waals surface area contributed by atoms with Crippen molar-refractivity contribution in [2.45, 2.75) is 34.1 Å². The van der Waals surface area contributed by atoms with Crippen LogP contribution in [0.25, 0.3) is 0 Å². The van der Waals surface area contributed by atoms with Gasteiger partial charge >= 0.3 is 0 Å². The highest BCUT2D eigenvalue weighted by Crippen LogP contribution is 2.40. The Kier molecular flexibility index (Phi) is 3.43. The number of amides is 2. The molecule has 4 nitrogen and oxygen atoms in total. The molecule has 1 atom stereocenters. The van der Waals surface area contributed by atoms with Crippen molar-refractivity contribution < 1.29 is 9.59 Å². The Hall–Kier alpha value is -1.71. The Morgan fingerprint density at radius 2 is 2.16 bits per heavy atom. The van der Waals surface area contributed by atoms with Gasteiger partial charge in [0.2, 0.25) is 0 Å². The van der Waals surface area contributed by atoms with Crippen LogP contribution in [0.3, 0.4) is 0 Å². The summed E-state index contributed by atoms with van der Waals surface area (Å²) in [6.07, 6.45) is 6.18. The molecule has 0 saturated carbocycles. The maximum atomic E-state index is 12.5. The summed E-state index contributed by atoms with van der Waals surface area (Å²) in [5, 5.41) is 0. The van der Waals surface area contributed by atoms with Gasteiger partial charge in [-0.15, -0.1) is 0 Å². The molecule has 4 heteroatoms. The number of aliphatic imine (C=N–C) groups is 1. The van der Waals surface area contributed by atoms with Gasteiger partial charge < -0.3 is 0 Å². The predicted molar refractivity (Wildman–Crippen MR) is 74.6 cm³/mol. The second-order valence-electron chi connectivity index (χ2n) is 5.86. The number of imide groups is 1. The van der Waals surface area contributed by atoms with Gasteiger partial charge in [0.25, 0.3) is 11.8 Å². The Morgan fingerprint density at radius 3 is 2.68 bits per heavy atom. The van der Waals surface area contributed by atoms with Gasteiger partial charge in [0.1, 0.15) is 12.9 Å². The highest BCUT2D eigenvalue weighted by atomic mass is 16.2. The zero-order valence-electron chi connectivity index (χ0n) is 11.9. The molecular weight excluding hydrogens is 240 g/mol. The Balaban J connectivity index is 2.28. The smallest absolute Gasteiger partial charge is 0.262 e. The van der Waals surface area contributed by atoms with Crippen molar-refractivity contribution in [1.29, 1.82) is 0 Å². The molecule has 1 unspecified atom stereocenters. The fraction of sp³-hybridized carbons (Fsp3) is 0.533. The molecular formula is C15H20N2O2. The summed E-state index contributed by atoms with van der Waals surface area (Å²) >= 11 is 0. The van der Waals surface area contributed by atoms with Crippen molar-refractivity contribution in [3.63, 3.8) is 0 Å². The van der Waals surface area contributed by atoms with E-state index in [1.165, 1.54) is 6.34 Å². The highest BCUT2D eigenvalue weighted by Gasteiger charge is 2.35. The van der Waals surface area contributed by atoms with Crippen LogP contribution in [-0.4, -0.2) is 29.6 Å². The molecule has 19 heavy (non-hydrogen) atoms. The molecule has 0 spiro atoms. The zero-order valence-corrected chi connectivity index (χ0v) is 11.9. The van der Waals surface area contributed by atoms with Gasteiger partial charge in [-0.05, 0) is 30.3 Å². The zero-order chi connectivity index (χ0) is 14.2. The third-order valence-electron chi connectivity index (χ3n) is 4.24. The lowest BCUT2D eigenvalue weighted by Gasteiger charge is -2.35. The van der Waals surface area contributed by atoms with Crippen molar-refractivity contribution in [1.82, 2.24) is 4.90 Å². The van der Waals surface area contributed by atoms with E-state index in [0.29, 0.717) is 12.3 Å². The van der Waals surface area contributed by atoms with E-state index in [1.54, 1.807) is 0 Å². The molecule has 0 bridgehead atoms.